The molecule has 0 aliphatic carbocycles. The lowest BCUT2D eigenvalue weighted by Crippen LogP contribution is -2.50. The topological polar surface area (TPSA) is 41.7 Å². The van der Waals surface area contributed by atoms with E-state index in [0.717, 1.165) is 38.5 Å². The molecular weight excluding hydrogens is 250 g/mol. The maximum atomic E-state index is 6.28. The minimum atomic E-state index is 0.0828. The van der Waals surface area contributed by atoms with Gasteiger partial charge in [0.15, 0.2) is 0 Å². The Morgan fingerprint density at radius 1 is 1.20 bits per heavy atom. The Balaban J connectivity index is 2.19. The fourth-order valence-corrected chi connectivity index (χ4v) is 3.08. The Morgan fingerprint density at radius 3 is 2.40 bits per heavy atom. The minimum Gasteiger partial charge on any atom is -0.496 e. The quantitative estimate of drug-likeness (QED) is 0.890. The van der Waals surface area contributed by atoms with E-state index in [1.54, 1.807) is 7.11 Å². The van der Waals surface area contributed by atoms with Crippen LogP contribution < -0.4 is 10.5 Å². The number of hydrogen-bond donors (Lipinski definition) is 1. The van der Waals surface area contributed by atoms with Gasteiger partial charge in [0, 0.05) is 37.8 Å². The van der Waals surface area contributed by atoms with Crippen LogP contribution in [-0.2, 0) is 0 Å². The first-order chi connectivity index (χ1) is 9.67. The van der Waals surface area contributed by atoms with Gasteiger partial charge in [-0.3, -0.25) is 4.90 Å². The van der Waals surface area contributed by atoms with Crippen LogP contribution in [0.25, 0.3) is 0 Å². The van der Waals surface area contributed by atoms with Gasteiger partial charge in [0.1, 0.15) is 5.75 Å². The molecule has 112 valence electrons. The molecule has 20 heavy (non-hydrogen) atoms. The molecule has 0 aromatic heterocycles. The second-order valence-corrected chi connectivity index (χ2v) is 5.52. The maximum Gasteiger partial charge on any atom is 0.123 e. The second kappa shape index (κ2) is 7.07. The van der Waals surface area contributed by atoms with Crippen LogP contribution in [0, 0.1) is 0 Å². The highest BCUT2D eigenvalue weighted by atomic mass is 16.5. The molecule has 1 fully saturated rings. The van der Waals surface area contributed by atoms with Crippen LogP contribution in [-0.4, -0.2) is 55.7 Å². The van der Waals surface area contributed by atoms with Gasteiger partial charge >= 0.3 is 0 Å². The standard InChI is InChI=1S/C16H27N3O/c1-4-18-9-11-19(12-10-18)16(13(2)17)14-7-5-6-8-15(14)20-3/h5-8,13,16H,4,9-12,17H2,1-3H3. The lowest BCUT2D eigenvalue weighted by Gasteiger charge is -2.41. The zero-order valence-corrected chi connectivity index (χ0v) is 12.9. The Kier molecular flexibility index (Phi) is 5.40. The summed E-state index contributed by atoms with van der Waals surface area (Å²) in [5.74, 6) is 0.938. The van der Waals surface area contributed by atoms with E-state index in [2.05, 4.69) is 35.8 Å². The highest BCUT2D eigenvalue weighted by molar-refractivity contribution is 5.36. The zero-order valence-electron chi connectivity index (χ0n) is 12.9. The van der Waals surface area contributed by atoms with Gasteiger partial charge in [-0.25, -0.2) is 0 Å². The number of ether oxygens (including phenoxy) is 1. The third-order valence-electron chi connectivity index (χ3n) is 4.20. The number of rotatable bonds is 5. The molecule has 2 unspecified atom stereocenters. The number of para-hydroxylation sites is 1. The van der Waals surface area contributed by atoms with Gasteiger partial charge in [-0.2, -0.15) is 0 Å². The molecular formula is C16H27N3O. The van der Waals surface area contributed by atoms with Crippen LogP contribution in [0.3, 0.4) is 0 Å². The van der Waals surface area contributed by atoms with Crippen LogP contribution in [0.15, 0.2) is 24.3 Å². The Hall–Kier alpha value is -1.10. The van der Waals surface area contributed by atoms with Gasteiger partial charge in [-0.05, 0) is 19.5 Å². The summed E-state index contributed by atoms with van der Waals surface area (Å²) in [6.45, 7) is 9.81. The summed E-state index contributed by atoms with van der Waals surface area (Å²) in [5, 5.41) is 0. The Bertz CT molecular complexity index is 414. The number of benzene rings is 1. The van der Waals surface area contributed by atoms with Crippen LogP contribution in [0.5, 0.6) is 5.75 Å². The summed E-state index contributed by atoms with van der Waals surface area (Å²) in [6.07, 6.45) is 0. The van der Waals surface area contributed by atoms with Crippen molar-refractivity contribution in [3.63, 3.8) is 0 Å². The van der Waals surface area contributed by atoms with E-state index in [4.69, 9.17) is 10.5 Å². The first-order valence-corrected chi connectivity index (χ1v) is 7.52. The van der Waals surface area contributed by atoms with Gasteiger partial charge in [0.05, 0.1) is 13.2 Å². The summed E-state index contributed by atoms with van der Waals surface area (Å²) < 4.78 is 5.52. The highest BCUT2D eigenvalue weighted by Gasteiger charge is 2.29. The molecule has 0 spiro atoms. The van der Waals surface area contributed by atoms with Gasteiger partial charge in [0.2, 0.25) is 0 Å². The summed E-state index contributed by atoms with van der Waals surface area (Å²) in [7, 11) is 1.73. The van der Waals surface area contributed by atoms with Crippen LogP contribution in [0.2, 0.25) is 0 Å². The summed E-state index contributed by atoms with van der Waals surface area (Å²) >= 11 is 0. The van der Waals surface area contributed by atoms with Crippen molar-refractivity contribution in [2.24, 2.45) is 5.73 Å². The molecule has 4 heteroatoms. The van der Waals surface area contributed by atoms with E-state index in [0.29, 0.717) is 0 Å². The smallest absolute Gasteiger partial charge is 0.123 e. The molecule has 1 aliphatic heterocycles. The highest BCUT2D eigenvalue weighted by Crippen LogP contribution is 2.31. The first-order valence-electron chi connectivity index (χ1n) is 7.52. The van der Waals surface area contributed by atoms with Gasteiger partial charge in [-0.15, -0.1) is 0 Å². The van der Waals surface area contributed by atoms with Gasteiger partial charge in [0.25, 0.3) is 0 Å². The van der Waals surface area contributed by atoms with Crippen molar-refractivity contribution in [1.82, 2.24) is 9.80 Å². The monoisotopic (exact) mass is 277 g/mol. The average molecular weight is 277 g/mol. The van der Waals surface area contributed by atoms with Crippen molar-refractivity contribution in [3.05, 3.63) is 29.8 Å². The fourth-order valence-electron chi connectivity index (χ4n) is 3.08. The predicted molar refractivity (Wildman–Crippen MR) is 83.1 cm³/mol. The van der Waals surface area contributed by atoms with Crippen molar-refractivity contribution in [2.45, 2.75) is 25.9 Å². The third kappa shape index (κ3) is 3.32. The molecule has 0 saturated carbocycles. The van der Waals surface area contributed by atoms with E-state index in [1.165, 1.54) is 5.56 Å². The number of methoxy groups -OCH3 is 1. The fraction of sp³-hybridized carbons (Fsp3) is 0.625. The predicted octanol–water partition coefficient (Wildman–Crippen LogP) is 1.72. The summed E-state index contributed by atoms with van der Waals surface area (Å²) in [5.41, 5.74) is 7.48. The molecule has 2 atom stereocenters. The molecule has 1 aromatic rings. The van der Waals surface area contributed by atoms with Crippen molar-refractivity contribution < 1.29 is 4.74 Å². The molecule has 1 saturated heterocycles. The second-order valence-electron chi connectivity index (χ2n) is 5.52. The lowest BCUT2D eigenvalue weighted by molar-refractivity contribution is 0.0886. The molecule has 1 aliphatic rings. The Morgan fingerprint density at radius 2 is 1.85 bits per heavy atom. The van der Waals surface area contributed by atoms with E-state index in [1.807, 2.05) is 12.1 Å². The van der Waals surface area contributed by atoms with E-state index < -0.39 is 0 Å². The van der Waals surface area contributed by atoms with Gasteiger partial charge < -0.3 is 15.4 Å². The molecule has 1 heterocycles. The minimum absolute atomic E-state index is 0.0828. The van der Waals surface area contributed by atoms with Crippen LogP contribution in [0.1, 0.15) is 25.5 Å². The third-order valence-corrected chi connectivity index (χ3v) is 4.20. The summed E-state index contributed by atoms with van der Waals surface area (Å²) in [4.78, 5) is 4.98. The van der Waals surface area contributed by atoms with E-state index in [9.17, 15) is 0 Å². The number of likely N-dealkylation sites (N-methyl/N-ethyl adjacent to an activating group) is 1. The first kappa shape index (κ1) is 15.3. The maximum absolute atomic E-state index is 6.28. The van der Waals surface area contributed by atoms with Crippen LogP contribution >= 0.6 is 0 Å². The van der Waals surface area contributed by atoms with E-state index in [-0.39, 0.29) is 12.1 Å². The molecule has 1 aromatic carbocycles. The molecule has 0 bridgehead atoms. The number of nitrogens with zero attached hydrogens (tertiary/aromatic N) is 2. The van der Waals surface area contributed by atoms with E-state index >= 15 is 0 Å². The van der Waals surface area contributed by atoms with Crippen molar-refractivity contribution >= 4 is 0 Å². The van der Waals surface area contributed by atoms with Gasteiger partial charge in [-0.1, -0.05) is 25.1 Å². The normalized spacial score (nSPS) is 20.6. The molecule has 4 nitrogen and oxygen atoms in total. The number of hydrogen-bond acceptors (Lipinski definition) is 4. The number of piperazine rings is 1. The molecule has 0 amide bonds. The average Bonchev–Trinajstić information content (AvgIpc) is 2.48. The van der Waals surface area contributed by atoms with Crippen molar-refractivity contribution in [1.29, 1.82) is 0 Å². The van der Waals surface area contributed by atoms with Crippen molar-refractivity contribution in [3.8, 4) is 5.75 Å². The van der Waals surface area contributed by atoms with Crippen LogP contribution in [0.4, 0.5) is 0 Å². The lowest BCUT2D eigenvalue weighted by atomic mass is 9.97. The zero-order chi connectivity index (χ0) is 14.5. The molecule has 2 N–H and O–H groups in total. The SMILES string of the molecule is CCN1CCN(C(c2ccccc2OC)C(C)N)CC1. The largest absolute Gasteiger partial charge is 0.496 e. The van der Waals surface area contributed by atoms with Crippen molar-refractivity contribution in [2.75, 3.05) is 39.8 Å². The molecule has 0 radical (unpaired) electrons. The summed E-state index contributed by atoms with van der Waals surface area (Å²) in [6, 6.07) is 8.54. The Labute approximate surface area is 122 Å². The molecule has 2 rings (SSSR count). The number of nitrogens with two attached hydrogens (primary N) is 1.